The summed E-state index contributed by atoms with van der Waals surface area (Å²) >= 11 is 0. The van der Waals surface area contributed by atoms with Crippen LogP contribution in [-0.4, -0.2) is 49.2 Å². The summed E-state index contributed by atoms with van der Waals surface area (Å²) in [6.07, 6.45) is 0.888. The molecule has 0 spiro atoms. The SMILES string of the molecule is CCCNC(=O)C1CNCCN1OC(C)=O. The van der Waals surface area contributed by atoms with E-state index in [2.05, 4.69) is 10.6 Å². The molecule has 0 aliphatic carbocycles. The topological polar surface area (TPSA) is 70.7 Å². The average Bonchev–Trinajstić information content (AvgIpc) is 2.26. The zero-order chi connectivity index (χ0) is 12.0. The molecule has 1 atom stereocenters. The van der Waals surface area contributed by atoms with Crippen LogP contribution in [0.25, 0.3) is 0 Å². The Bertz CT molecular complexity index is 258. The van der Waals surface area contributed by atoms with Gasteiger partial charge in [-0.2, -0.15) is 0 Å². The highest BCUT2D eigenvalue weighted by atomic mass is 16.7. The molecule has 1 amide bonds. The van der Waals surface area contributed by atoms with E-state index in [4.69, 9.17) is 4.84 Å². The normalized spacial score (nSPS) is 21.5. The first-order chi connectivity index (χ1) is 7.65. The molecule has 0 bridgehead atoms. The summed E-state index contributed by atoms with van der Waals surface area (Å²) in [5.74, 6) is -0.495. The van der Waals surface area contributed by atoms with Crippen molar-refractivity contribution in [3.05, 3.63) is 0 Å². The molecule has 1 aliphatic heterocycles. The number of piperazine rings is 1. The van der Waals surface area contributed by atoms with Gasteiger partial charge in [0.1, 0.15) is 6.04 Å². The molecule has 0 aromatic heterocycles. The van der Waals surface area contributed by atoms with Gasteiger partial charge in [-0.25, -0.2) is 0 Å². The van der Waals surface area contributed by atoms with Gasteiger partial charge in [-0.15, -0.1) is 5.06 Å². The Kier molecular flexibility index (Phi) is 5.21. The maximum atomic E-state index is 11.8. The highest BCUT2D eigenvalue weighted by molar-refractivity contribution is 5.82. The van der Waals surface area contributed by atoms with E-state index in [1.54, 1.807) is 0 Å². The van der Waals surface area contributed by atoms with E-state index in [-0.39, 0.29) is 5.91 Å². The number of nitrogens with one attached hydrogen (secondary N) is 2. The quantitative estimate of drug-likeness (QED) is 0.664. The Balaban J connectivity index is 2.51. The number of amides is 1. The number of hydrogen-bond acceptors (Lipinski definition) is 5. The number of rotatable bonds is 4. The molecule has 0 aromatic carbocycles. The summed E-state index contributed by atoms with van der Waals surface area (Å²) < 4.78 is 0. The first kappa shape index (κ1) is 12.9. The van der Waals surface area contributed by atoms with Gasteiger partial charge < -0.3 is 15.5 Å². The summed E-state index contributed by atoms with van der Waals surface area (Å²) in [6.45, 7) is 5.72. The molecule has 0 aromatic rings. The second kappa shape index (κ2) is 6.44. The molecular formula is C10H19N3O3. The molecule has 92 valence electrons. The third-order valence-electron chi connectivity index (χ3n) is 2.29. The highest BCUT2D eigenvalue weighted by Gasteiger charge is 2.30. The maximum Gasteiger partial charge on any atom is 0.322 e. The van der Waals surface area contributed by atoms with Crippen LogP contribution in [0.4, 0.5) is 0 Å². The minimum Gasteiger partial charge on any atom is -0.367 e. The summed E-state index contributed by atoms with van der Waals surface area (Å²) in [4.78, 5) is 27.6. The van der Waals surface area contributed by atoms with E-state index in [0.29, 0.717) is 26.2 Å². The van der Waals surface area contributed by atoms with Crippen LogP contribution in [0.3, 0.4) is 0 Å². The van der Waals surface area contributed by atoms with Gasteiger partial charge in [-0.3, -0.25) is 9.59 Å². The number of hydrogen-bond donors (Lipinski definition) is 2. The van der Waals surface area contributed by atoms with Gasteiger partial charge >= 0.3 is 5.97 Å². The lowest BCUT2D eigenvalue weighted by Crippen LogP contribution is -2.58. The Hall–Kier alpha value is -1.14. The van der Waals surface area contributed by atoms with Crippen LogP contribution in [0.5, 0.6) is 0 Å². The first-order valence-corrected chi connectivity index (χ1v) is 5.58. The van der Waals surface area contributed by atoms with Gasteiger partial charge in [-0.05, 0) is 6.42 Å². The minimum atomic E-state index is -0.427. The van der Waals surface area contributed by atoms with Crippen LogP contribution in [0.15, 0.2) is 0 Å². The van der Waals surface area contributed by atoms with E-state index in [0.717, 1.165) is 6.42 Å². The molecule has 1 fully saturated rings. The fraction of sp³-hybridized carbons (Fsp3) is 0.800. The van der Waals surface area contributed by atoms with Crippen molar-refractivity contribution >= 4 is 11.9 Å². The lowest BCUT2D eigenvalue weighted by atomic mass is 10.2. The van der Waals surface area contributed by atoms with Crippen LogP contribution in [-0.2, 0) is 14.4 Å². The van der Waals surface area contributed by atoms with E-state index in [9.17, 15) is 9.59 Å². The first-order valence-electron chi connectivity index (χ1n) is 5.58. The second-order valence-electron chi connectivity index (χ2n) is 3.73. The van der Waals surface area contributed by atoms with E-state index >= 15 is 0 Å². The van der Waals surface area contributed by atoms with Crippen molar-refractivity contribution in [2.24, 2.45) is 0 Å². The molecular weight excluding hydrogens is 210 g/mol. The third kappa shape index (κ3) is 3.79. The Labute approximate surface area is 95.3 Å². The van der Waals surface area contributed by atoms with Crippen molar-refractivity contribution in [3.63, 3.8) is 0 Å². The molecule has 2 N–H and O–H groups in total. The number of carbonyl (C=O) groups is 2. The largest absolute Gasteiger partial charge is 0.367 e. The van der Waals surface area contributed by atoms with E-state index in [1.165, 1.54) is 12.0 Å². The molecule has 6 heteroatoms. The number of carbonyl (C=O) groups excluding carboxylic acids is 2. The smallest absolute Gasteiger partial charge is 0.322 e. The van der Waals surface area contributed by atoms with Crippen LogP contribution >= 0.6 is 0 Å². The standard InChI is InChI=1S/C10H19N3O3/c1-3-4-12-10(15)9-7-11-5-6-13(9)16-8(2)14/h9,11H,3-7H2,1-2H3,(H,12,15). The lowest BCUT2D eigenvalue weighted by Gasteiger charge is -2.32. The highest BCUT2D eigenvalue weighted by Crippen LogP contribution is 2.04. The zero-order valence-electron chi connectivity index (χ0n) is 9.78. The van der Waals surface area contributed by atoms with E-state index < -0.39 is 12.0 Å². The van der Waals surface area contributed by atoms with Gasteiger partial charge in [0.2, 0.25) is 5.91 Å². The summed E-state index contributed by atoms with van der Waals surface area (Å²) in [7, 11) is 0. The Morgan fingerprint density at radius 1 is 1.56 bits per heavy atom. The Morgan fingerprint density at radius 3 is 2.94 bits per heavy atom. The predicted octanol–water partition coefficient (Wildman–Crippen LogP) is -0.735. The fourth-order valence-electron chi connectivity index (χ4n) is 1.55. The second-order valence-corrected chi connectivity index (χ2v) is 3.73. The fourth-order valence-corrected chi connectivity index (χ4v) is 1.55. The number of hydroxylamine groups is 2. The molecule has 6 nitrogen and oxygen atoms in total. The van der Waals surface area contributed by atoms with Crippen molar-refractivity contribution in [1.82, 2.24) is 15.7 Å². The molecule has 0 saturated carbocycles. The molecule has 1 unspecified atom stereocenters. The molecule has 1 saturated heterocycles. The van der Waals surface area contributed by atoms with Crippen molar-refractivity contribution in [3.8, 4) is 0 Å². The third-order valence-corrected chi connectivity index (χ3v) is 2.29. The van der Waals surface area contributed by atoms with Gasteiger partial charge in [0, 0.05) is 33.1 Å². The summed E-state index contributed by atoms with van der Waals surface area (Å²) in [5.41, 5.74) is 0. The zero-order valence-corrected chi connectivity index (χ0v) is 9.78. The minimum absolute atomic E-state index is 0.102. The van der Waals surface area contributed by atoms with Crippen molar-refractivity contribution in [2.45, 2.75) is 26.3 Å². The molecule has 1 rings (SSSR count). The maximum absolute atomic E-state index is 11.8. The molecule has 16 heavy (non-hydrogen) atoms. The van der Waals surface area contributed by atoms with Gasteiger partial charge in [0.25, 0.3) is 0 Å². The molecule has 1 aliphatic rings. The molecule has 1 heterocycles. The van der Waals surface area contributed by atoms with Crippen LogP contribution in [0.2, 0.25) is 0 Å². The predicted molar refractivity (Wildman–Crippen MR) is 58.4 cm³/mol. The van der Waals surface area contributed by atoms with Gasteiger partial charge in [0.05, 0.1) is 0 Å². The van der Waals surface area contributed by atoms with Crippen molar-refractivity contribution < 1.29 is 14.4 Å². The van der Waals surface area contributed by atoms with Crippen LogP contribution < -0.4 is 10.6 Å². The average molecular weight is 229 g/mol. The van der Waals surface area contributed by atoms with Crippen LogP contribution in [0.1, 0.15) is 20.3 Å². The summed E-state index contributed by atoms with van der Waals surface area (Å²) in [6, 6.07) is -0.427. The summed E-state index contributed by atoms with van der Waals surface area (Å²) in [5, 5.41) is 7.34. The number of nitrogens with zero attached hydrogens (tertiary/aromatic N) is 1. The van der Waals surface area contributed by atoms with Crippen molar-refractivity contribution in [1.29, 1.82) is 0 Å². The molecule has 0 radical (unpaired) electrons. The lowest BCUT2D eigenvalue weighted by molar-refractivity contribution is -0.203. The van der Waals surface area contributed by atoms with E-state index in [1.807, 2.05) is 6.92 Å². The van der Waals surface area contributed by atoms with Crippen molar-refractivity contribution in [2.75, 3.05) is 26.2 Å². The van der Waals surface area contributed by atoms with Crippen LogP contribution in [0, 0.1) is 0 Å². The Morgan fingerprint density at radius 2 is 2.31 bits per heavy atom. The monoisotopic (exact) mass is 229 g/mol. The van der Waals surface area contributed by atoms with Gasteiger partial charge in [-0.1, -0.05) is 6.92 Å². The van der Waals surface area contributed by atoms with Gasteiger partial charge in [0.15, 0.2) is 0 Å².